The molecule has 0 amide bonds. The van der Waals surface area contributed by atoms with Crippen molar-refractivity contribution in [2.75, 3.05) is 6.54 Å². The molecular formula is C16H16BrClFN. The summed E-state index contributed by atoms with van der Waals surface area (Å²) < 4.78 is 14.1. The van der Waals surface area contributed by atoms with Crippen LogP contribution in [0.2, 0.25) is 5.02 Å². The van der Waals surface area contributed by atoms with E-state index in [-0.39, 0.29) is 11.7 Å². The van der Waals surface area contributed by atoms with Crippen LogP contribution in [0, 0.1) is 11.7 Å². The van der Waals surface area contributed by atoms with Crippen LogP contribution >= 0.6 is 27.5 Å². The summed E-state index contributed by atoms with van der Waals surface area (Å²) in [5, 5.41) is 0.470. The highest BCUT2D eigenvalue weighted by Crippen LogP contribution is 2.23. The third kappa shape index (κ3) is 4.30. The monoisotopic (exact) mass is 355 g/mol. The van der Waals surface area contributed by atoms with Gasteiger partial charge >= 0.3 is 0 Å². The van der Waals surface area contributed by atoms with Crippen molar-refractivity contribution < 1.29 is 4.39 Å². The van der Waals surface area contributed by atoms with E-state index in [1.165, 1.54) is 17.7 Å². The first-order valence-corrected chi connectivity index (χ1v) is 7.64. The zero-order valence-corrected chi connectivity index (χ0v) is 13.3. The van der Waals surface area contributed by atoms with Crippen LogP contribution in [0.1, 0.15) is 11.1 Å². The van der Waals surface area contributed by atoms with Gasteiger partial charge in [-0.25, -0.2) is 4.39 Å². The van der Waals surface area contributed by atoms with Crippen LogP contribution in [0.5, 0.6) is 0 Å². The zero-order chi connectivity index (χ0) is 14.5. The molecule has 0 aliphatic rings. The Morgan fingerprint density at radius 3 is 2.60 bits per heavy atom. The molecule has 0 heterocycles. The van der Waals surface area contributed by atoms with Crippen molar-refractivity contribution in [1.82, 2.24) is 0 Å². The van der Waals surface area contributed by atoms with Gasteiger partial charge in [-0.05, 0) is 60.7 Å². The molecule has 1 atom stereocenters. The molecule has 2 N–H and O–H groups in total. The van der Waals surface area contributed by atoms with E-state index in [1.54, 1.807) is 6.07 Å². The van der Waals surface area contributed by atoms with E-state index in [2.05, 4.69) is 28.1 Å². The third-order valence-corrected chi connectivity index (χ3v) is 4.12. The lowest BCUT2D eigenvalue weighted by Gasteiger charge is -2.16. The Morgan fingerprint density at radius 2 is 1.95 bits per heavy atom. The Bertz CT molecular complexity index is 588. The quantitative estimate of drug-likeness (QED) is 0.832. The standard InChI is InChI=1S/C16H16BrClFN/c17-14-3-1-2-11(8-14)6-12(10-20)7-13-4-5-15(19)9-16(13)18/h1-5,8-9,12H,6-7,10,20H2. The first kappa shape index (κ1) is 15.5. The minimum atomic E-state index is -0.310. The van der Waals surface area contributed by atoms with E-state index < -0.39 is 0 Å². The van der Waals surface area contributed by atoms with Crippen LogP contribution in [-0.2, 0) is 12.8 Å². The molecule has 4 heteroatoms. The molecule has 1 nitrogen and oxygen atoms in total. The molecule has 0 saturated carbocycles. The highest BCUT2D eigenvalue weighted by Gasteiger charge is 2.12. The van der Waals surface area contributed by atoms with Crippen LogP contribution in [0.4, 0.5) is 4.39 Å². The molecule has 106 valence electrons. The Labute approximate surface area is 132 Å². The third-order valence-electron chi connectivity index (χ3n) is 3.27. The van der Waals surface area contributed by atoms with Gasteiger partial charge in [0.05, 0.1) is 0 Å². The van der Waals surface area contributed by atoms with Gasteiger partial charge in [0.15, 0.2) is 0 Å². The molecule has 0 fully saturated rings. The van der Waals surface area contributed by atoms with E-state index in [1.807, 2.05) is 12.1 Å². The van der Waals surface area contributed by atoms with Crippen LogP contribution in [0.15, 0.2) is 46.9 Å². The summed E-state index contributed by atoms with van der Waals surface area (Å²) >= 11 is 9.54. The molecule has 0 bridgehead atoms. The van der Waals surface area contributed by atoms with Gasteiger partial charge in [-0.15, -0.1) is 0 Å². The Kier molecular flexibility index (Phi) is 5.58. The fourth-order valence-electron chi connectivity index (χ4n) is 2.23. The zero-order valence-electron chi connectivity index (χ0n) is 11.0. The summed E-state index contributed by atoms with van der Waals surface area (Å²) in [6, 6.07) is 12.7. The van der Waals surface area contributed by atoms with Crippen LogP contribution in [0.25, 0.3) is 0 Å². The Hall–Kier alpha value is -0.900. The first-order chi connectivity index (χ1) is 9.58. The predicted molar refractivity (Wildman–Crippen MR) is 85.5 cm³/mol. The van der Waals surface area contributed by atoms with Gasteiger partial charge in [-0.1, -0.05) is 45.7 Å². The van der Waals surface area contributed by atoms with E-state index in [9.17, 15) is 4.39 Å². The molecular weight excluding hydrogens is 341 g/mol. The van der Waals surface area contributed by atoms with Crippen molar-refractivity contribution >= 4 is 27.5 Å². The molecule has 0 saturated heterocycles. The van der Waals surface area contributed by atoms with Crippen molar-refractivity contribution in [2.45, 2.75) is 12.8 Å². The summed E-state index contributed by atoms with van der Waals surface area (Å²) in [7, 11) is 0. The minimum absolute atomic E-state index is 0.285. The molecule has 0 radical (unpaired) electrons. The lowest BCUT2D eigenvalue weighted by atomic mass is 9.92. The van der Waals surface area contributed by atoms with Gasteiger partial charge in [0, 0.05) is 9.50 Å². The molecule has 1 unspecified atom stereocenters. The average molecular weight is 357 g/mol. The van der Waals surface area contributed by atoms with Crippen LogP contribution < -0.4 is 5.73 Å². The number of benzene rings is 2. The van der Waals surface area contributed by atoms with Crippen LogP contribution in [0.3, 0.4) is 0 Å². The second-order valence-corrected chi connectivity index (χ2v) is 6.20. The maximum absolute atomic E-state index is 13.0. The van der Waals surface area contributed by atoms with Crippen molar-refractivity contribution in [3.05, 3.63) is 68.9 Å². The maximum atomic E-state index is 13.0. The largest absolute Gasteiger partial charge is 0.330 e. The first-order valence-electron chi connectivity index (χ1n) is 6.47. The Morgan fingerprint density at radius 1 is 1.15 bits per heavy atom. The van der Waals surface area contributed by atoms with E-state index in [0.717, 1.165) is 22.9 Å². The lowest BCUT2D eigenvalue weighted by molar-refractivity contribution is 0.532. The fourth-order valence-corrected chi connectivity index (χ4v) is 2.93. The fraction of sp³-hybridized carbons (Fsp3) is 0.250. The van der Waals surface area contributed by atoms with Crippen molar-refractivity contribution in [3.63, 3.8) is 0 Å². The summed E-state index contributed by atoms with van der Waals surface area (Å²) in [4.78, 5) is 0. The SMILES string of the molecule is NCC(Cc1cccc(Br)c1)Cc1ccc(F)cc1Cl. The second kappa shape index (κ2) is 7.21. The van der Waals surface area contributed by atoms with Gasteiger partial charge in [-0.2, -0.15) is 0 Å². The highest BCUT2D eigenvalue weighted by molar-refractivity contribution is 9.10. The number of hydrogen-bond acceptors (Lipinski definition) is 1. The van der Waals surface area contributed by atoms with Crippen molar-refractivity contribution in [2.24, 2.45) is 11.7 Å². The molecule has 2 aromatic carbocycles. The molecule has 0 aromatic heterocycles. The lowest BCUT2D eigenvalue weighted by Crippen LogP contribution is -2.19. The number of halogens is 3. The molecule has 0 aliphatic heterocycles. The number of hydrogen-bond donors (Lipinski definition) is 1. The van der Waals surface area contributed by atoms with Crippen molar-refractivity contribution in [1.29, 1.82) is 0 Å². The van der Waals surface area contributed by atoms with Crippen LogP contribution in [-0.4, -0.2) is 6.54 Å². The van der Waals surface area contributed by atoms with E-state index in [0.29, 0.717) is 11.6 Å². The molecule has 2 rings (SSSR count). The minimum Gasteiger partial charge on any atom is -0.330 e. The van der Waals surface area contributed by atoms with Crippen molar-refractivity contribution in [3.8, 4) is 0 Å². The Balaban J connectivity index is 2.09. The topological polar surface area (TPSA) is 26.0 Å². The number of rotatable bonds is 5. The molecule has 0 aliphatic carbocycles. The second-order valence-electron chi connectivity index (χ2n) is 4.88. The van der Waals surface area contributed by atoms with Gasteiger partial charge in [0.25, 0.3) is 0 Å². The van der Waals surface area contributed by atoms with Gasteiger partial charge in [-0.3, -0.25) is 0 Å². The van der Waals surface area contributed by atoms with Gasteiger partial charge in [0.2, 0.25) is 0 Å². The van der Waals surface area contributed by atoms with Gasteiger partial charge in [0.1, 0.15) is 5.82 Å². The summed E-state index contributed by atoms with van der Waals surface area (Å²) in [5.74, 6) is -0.0256. The normalized spacial score (nSPS) is 12.4. The number of nitrogens with two attached hydrogens (primary N) is 1. The van der Waals surface area contributed by atoms with E-state index in [4.69, 9.17) is 17.3 Å². The summed E-state index contributed by atoms with van der Waals surface area (Å²) in [6.07, 6.45) is 1.63. The smallest absolute Gasteiger partial charge is 0.124 e. The predicted octanol–water partition coefficient (Wildman–Crippen LogP) is 4.60. The molecule has 20 heavy (non-hydrogen) atoms. The molecule has 0 spiro atoms. The highest BCUT2D eigenvalue weighted by atomic mass is 79.9. The maximum Gasteiger partial charge on any atom is 0.124 e. The van der Waals surface area contributed by atoms with E-state index >= 15 is 0 Å². The summed E-state index contributed by atoms with van der Waals surface area (Å²) in [5.41, 5.74) is 8.03. The molecule has 2 aromatic rings. The van der Waals surface area contributed by atoms with Gasteiger partial charge < -0.3 is 5.73 Å². The average Bonchev–Trinajstić information content (AvgIpc) is 2.41. The summed E-state index contributed by atoms with van der Waals surface area (Å²) in [6.45, 7) is 0.570.